The second-order valence-corrected chi connectivity index (χ2v) is 11.5. The van der Waals surface area contributed by atoms with Gasteiger partial charge in [0.25, 0.3) is 0 Å². The number of aliphatic hydroxyl groups is 1. The summed E-state index contributed by atoms with van der Waals surface area (Å²) in [5.74, 6) is -2.63. The SMILES string of the molecule is C=CCN(Cn1nnc2ccccc21)C(=O)[C@@H]1N(CCCCCO)C(=O)[C@H]2[C@H](C(=O)OCC)[C@H]3O[C@@]12CC3Br. The Morgan fingerprint density at radius 1 is 1.33 bits per heavy atom. The highest BCUT2D eigenvalue weighted by Gasteiger charge is 2.77. The molecule has 2 amide bonds. The van der Waals surface area contributed by atoms with Gasteiger partial charge in [-0.25, -0.2) is 4.68 Å². The fraction of sp³-hybridized carbons (Fsp3) is 0.593. The van der Waals surface area contributed by atoms with Gasteiger partial charge in [0.1, 0.15) is 23.8 Å². The normalized spacial score (nSPS) is 29.2. The van der Waals surface area contributed by atoms with Crippen LogP contribution in [0.5, 0.6) is 0 Å². The van der Waals surface area contributed by atoms with E-state index in [4.69, 9.17) is 9.47 Å². The van der Waals surface area contributed by atoms with Crippen LogP contribution in [0.15, 0.2) is 36.9 Å². The molecule has 1 aromatic carbocycles. The number of unbranched alkanes of at least 4 members (excludes halogenated alkanes) is 2. The first-order chi connectivity index (χ1) is 18.9. The van der Waals surface area contributed by atoms with Gasteiger partial charge in [-0.1, -0.05) is 39.4 Å². The first-order valence-corrected chi connectivity index (χ1v) is 14.4. The lowest BCUT2D eigenvalue weighted by Crippen LogP contribution is -2.57. The fourth-order valence-electron chi connectivity index (χ4n) is 6.46. The molecule has 3 aliphatic heterocycles. The number of esters is 1. The highest BCUT2D eigenvalue weighted by molar-refractivity contribution is 9.09. The summed E-state index contributed by atoms with van der Waals surface area (Å²) in [4.78, 5) is 44.5. The molecule has 11 nitrogen and oxygen atoms in total. The standard InChI is InChI=1S/C27H34BrN5O6/c1-3-12-31(16-33-19-11-7-6-10-18(19)29-30-33)25(36)23-27-15-17(28)22(39-27)20(26(37)38-4-2)21(27)24(35)32(23)13-8-5-9-14-34/h3,6-7,10-11,17,20-23,34H,1,4-5,8-9,12-16H2,2H3/t17?,20-,21+,22-,23-,27+/m0/s1. The number of hydrogen-bond donors (Lipinski definition) is 1. The number of benzene rings is 1. The summed E-state index contributed by atoms with van der Waals surface area (Å²) < 4.78 is 13.5. The van der Waals surface area contributed by atoms with Crippen molar-refractivity contribution in [2.45, 2.75) is 61.8 Å². The maximum absolute atomic E-state index is 14.4. The minimum atomic E-state index is -1.16. The van der Waals surface area contributed by atoms with E-state index in [2.05, 4.69) is 32.8 Å². The van der Waals surface area contributed by atoms with E-state index in [1.54, 1.807) is 27.5 Å². The predicted molar refractivity (Wildman–Crippen MR) is 144 cm³/mol. The Bertz CT molecular complexity index is 1250. The lowest BCUT2D eigenvalue weighted by Gasteiger charge is -2.37. The quantitative estimate of drug-likeness (QED) is 0.169. The van der Waals surface area contributed by atoms with Crippen LogP contribution in [0.1, 0.15) is 32.6 Å². The van der Waals surface area contributed by atoms with Gasteiger partial charge in [-0.3, -0.25) is 14.4 Å². The number of nitrogens with zero attached hydrogens (tertiary/aromatic N) is 5. The molecule has 1 unspecified atom stereocenters. The Hall–Kier alpha value is -2.83. The second kappa shape index (κ2) is 11.3. The number of alkyl halides is 1. The summed E-state index contributed by atoms with van der Waals surface area (Å²) in [6.45, 7) is 6.46. The fourth-order valence-corrected chi connectivity index (χ4v) is 7.40. The molecule has 1 aromatic heterocycles. The molecular weight excluding hydrogens is 570 g/mol. The van der Waals surface area contributed by atoms with E-state index < -0.39 is 35.6 Å². The van der Waals surface area contributed by atoms with Gasteiger partial charge >= 0.3 is 5.97 Å². The van der Waals surface area contributed by atoms with Crippen LogP contribution >= 0.6 is 15.9 Å². The van der Waals surface area contributed by atoms with Crippen molar-refractivity contribution in [3.05, 3.63) is 36.9 Å². The minimum Gasteiger partial charge on any atom is -0.466 e. The number of carbonyl (C=O) groups is 3. The third-order valence-corrected chi connectivity index (χ3v) is 8.87. The monoisotopic (exact) mass is 603 g/mol. The van der Waals surface area contributed by atoms with Crippen molar-refractivity contribution in [3.8, 4) is 0 Å². The molecule has 39 heavy (non-hydrogen) atoms. The number of hydrogen-bond acceptors (Lipinski definition) is 8. The first kappa shape index (κ1) is 27.7. The highest BCUT2D eigenvalue weighted by atomic mass is 79.9. The summed E-state index contributed by atoms with van der Waals surface area (Å²) >= 11 is 3.67. The van der Waals surface area contributed by atoms with Gasteiger partial charge in [-0.2, -0.15) is 0 Å². The molecule has 3 aliphatic rings. The molecule has 12 heteroatoms. The van der Waals surface area contributed by atoms with Crippen LogP contribution in [0, 0.1) is 11.8 Å². The maximum atomic E-state index is 14.4. The van der Waals surface area contributed by atoms with Crippen molar-refractivity contribution < 1.29 is 29.0 Å². The molecule has 4 heterocycles. The Morgan fingerprint density at radius 2 is 2.13 bits per heavy atom. The molecular formula is C27H34BrN5O6. The van der Waals surface area contributed by atoms with E-state index in [9.17, 15) is 19.5 Å². The zero-order valence-electron chi connectivity index (χ0n) is 21.9. The third-order valence-electron chi connectivity index (χ3n) is 8.03. The molecule has 0 aliphatic carbocycles. The summed E-state index contributed by atoms with van der Waals surface area (Å²) in [7, 11) is 0. The lowest BCUT2D eigenvalue weighted by atomic mass is 9.70. The average Bonchev–Trinajstić information content (AvgIpc) is 3.64. The molecule has 1 spiro atoms. The van der Waals surface area contributed by atoms with Crippen LogP contribution in [0.3, 0.4) is 0 Å². The molecule has 210 valence electrons. The third kappa shape index (κ3) is 4.66. The summed E-state index contributed by atoms with van der Waals surface area (Å²) in [5.41, 5.74) is 0.325. The summed E-state index contributed by atoms with van der Waals surface area (Å²) in [6.07, 6.45) is 3.41. The Kier molecular flexibility index (Phi) is 8.06. The van der Waals surface area contributed by atoms with E-state index in [0.29, 0.717) is 37.7 Å². The number of halogens is 1. The number of amides is 2. The summed E-state index contributed by atoms with van der Waals surface area (Å²) in [5, 5.41) is 17.7. The van der Waals surface area contributed by atoms with Gasteiger partial charge < -0.3 is 24.4 Å². The second-order valence-electron chi connectivity index (χ2n) is 10.3. The Labute approximate surface area is 235 Å². The molecule has 3 saturated heterocycles. The van der Waals surface area contributed by atoms with Crippen molar-refractivity contribution in [1.29, 1.82) is 0 Å². The van der Waals surface area contributed by atoms with Crippen LogP contribution in [-0.2, 0) is 30.5 Å². The van der Waals surface area contributed by atoms with Gasteiger partial charge in [0, 0.05) is 24.5 Å². The zero-order chi connectivity index (χ0) is 27.7. The van der Waals surface area contributed by atoms with Gasteiger partial charge in [-0.15, -0.1) is 11.7 Å². The van der Waals surface area contributed by atoms with Crippen molar-refractivity contribution in [2.75, 3.05) is 26.3 Å². The zero-order valence-corrected chi connectivity index (χ0v) is 23.5. The summed E-state index contributed by atoms with van der Waals surface area (Å²) in [6, 6.07) is 6.56. The van der Waals surface area contributed by atoms with Crippen LogP contribution in [-0.4, -0.2) is 96.6 Å². The van der Waals surface area contributed by atoms with E-state index >= 15 is 0 Å². The molecule has 2 aromatic rings. The molecule has 6 atom stereocenters. The Morgan fingerprint density at radius 3 is 2.87 bits per heavy atom. The van der Waals surface area contributed by atoms with E-state index in [0.717, 1.165) is 5.52 Å². The van der Waals surface area contributed by atoms with E-state index in [1.807, 2.05) is 24.3 Å². The molecule has 2 bridgehead atoms. The molecule has 3 fully saturated rings. The number of rotatable bonds is 12. The van der Waals surface area contributed by atoms with Crippen molar-refractivity contribution in [3.63, 3.8) is 0 Å². The van der Waals surface area contributed by atoms with Crippen molar-refractivity contribution >= 4 is 44.7 Å². The maximum Gasteiger partial charge on any atom is 0.312 e. The molecule has 0 saturated carbocycles. The number of carbonyl (C=O) groups excluding carboxylic acids is 3. The number of aliphatic hydroxyl groups excluding tert-OH is 1. The smallest absolute Gasteiger partial charge is 0.312 e. The van der Waals surface area contributed by atoms with Crippen molar-refractivity contribution in [2.24, 2.45) is 11.8 Å². The topological polar surface area (TPSA) is 127 Å². The number of fused-ring (bicyclic) bond motifs is 2. The molecule has 0 radical (unpaired) electrons. The van der Waals surface area contributed by atoms with Crippen LogP contribution in [0.4, 0.5) is 0 Å². The van der Waals surface area contributed by atoms with Gasteiger partial charge in [0.05, 0.1) is 30.1 Å². The van der Waals surface area contributed by atoms with Crippen LogP contribution < -0.4 is 0 Å². The highest BCUT2D eigenvalue weighted by Crippen LogP contribution is 2.60. The number of likely N-dealkylation sites (tertiary alicyclic amines) is 1. The van der Waals surface area contributed by atoms with Crippen LogP contribution in [0.25, 0.3) is 11.0 Å². The number of aromatic nitrogens is 3. The minimum absolute atomic E-state index is 0.0584. The van der Waals surface area contributed by atoms with E-state index in [1.165, 1.54) is 0 Å². The largest absolute Gasteiger partial charge is 0.466 e. The van der Waals surface area contributed by atoms with Gasteiger partial charge in [0.15, 0.2) is 0 Å². The number of ether oxygens (including phenoxy) is 2. The van der Waals surface area contributed by atoms with E-state index in [-0.39, 0.29) is 43.1 Å². The van der Waals surface area contributed by atoms with Gasteiger partial charge in [-0.05, 0) is 44.7 Å². The predicted octanol–water partition coefficient (Wildman–Crippen LogP) is 1.88. The lowest BCUT2D eigenvalue weighted by molar-refractivity contribution is -0.155. The average molecular weight is 605 g/mol. The number of para-hydroxylation sites is 1. The van der Waals surface area contributed by atoms with Crippen molar-refractivity contribution in [1.82, 2.24) is 24.8 Å². The van der Waals surface area contributed by atoms with Crippen LogP contribution in [0.2, 0.25) is 0 Å². The van der Waals surface area contributed by atoms with Gasteiger partial charge in [0.2, 0.25) is 11.8 Å². The first-order valence-electron chi connectivity index (χ1n) is 13.5. The molecule has 1 N–H and O–H groups in total. The molecule has 5 rings (SSSR count). The Balaban J connectivity index is 1.51.